The molecular formula is C30H29N5O2. The van der Waals surface area contributed by atoms with Crippen molar-refractivity contribution in [2.24, 2.45) is 0 Å². The van der Waals surface area contributed by atoms with Gasteiger partial charge < -0.3 is 19.3 Å². The van der Waals surface area contributed by atoms with Gasteiger partial charge in [-0.2, -0.15) is 9.61 Å². The molecule has 7 heteroatoms. The number of hydrogen-bond acceptors (Lipinski definition) is 6. The molecule has 2 aromatic heterocycles. The van der Waals surface area contributed by atoms with Gasteiger partial charge in [-0.05, 0) is 48.5 Å². The Bertz CT molecular complexity index is 1490. The summed E-state index contributed by atoms with van der Waals surface area (Å²) in [5.41, 5.74) is 6.00. The second-order valence-corrected chi connectivity index (χ2v) is 9.07. The van der Waals surface area contributed by atoms with Gasteiger partial charge in [0.2, 0.25) is 0 Å². The second kappa shape index (κ2) is 9.85. The summed E-state index contributed by atoms with van der Waals surface area (Å²) in [6, 6.07) is 30.8. The number of hydrogen-bond donors (Lipinski definition) is 0. The summed E-state index contributed by atoms with van der Waals surface area (Å²) in [6.07, 6.45) is 0. The lowest BCUT2D eigenvalue weighted by molar-refractivity contribution is 0.414. The van der Waals surface area contributed by atoms with E-state index >= 15 is 0 Å². The number of methoxy groups -OCH3 is 2. The zero-order valence-electron chi connectivity index (χ0n) is 21.0. The third-order valence-electron chi connectivity index (χ3n) is 6.90. The van der Waals surface area contributed by atoms with Crippen LogP contribution in [0.3, 0.4) is 0 Å². The standard InChI is InChI=1S/C30H29N5O2/c1-36-25-12-8-23(9-13-25)28-20-29-31-27(22-6-4-3-5-7-22)21-30(35(29)32-28)34-18-16-33(17-19-34)24-10-14-26(37-2)15-11-24/h3-15,20-21H,16-19H2,1-2H3. The lowest BCUT2D eigenvalue weighted by Crippen LogP contribution is -2.47. The maximum absolute atomic E-state index is 5.32. The van der Waals surface area contributed by atoms with E-state index in [4.69, 9.17) is 19.6 Å². The first-order valence-electron chi connectivity index (χ1n) is 12.5. The first-order valence-corrected chi connectivity index (χ1v) is 12.5. The highest BCUT2D eigenvalue weighted by atomic mass is 16.5. The number of rotatable bonds is 6. The summed E-state index contributed by atoms with van der Waals surface area (Å²) in [7, 11) is 3.37. The van der Waals surface area contributed by atoms with Crippen molar-refractivity contribution in [3.63, 3.8) is 0 Å². The Morgan fingerprint density at radius 2 is 1.22 bits per heavy atom. The molecule has 3 heterocycles. The van der Waals surface area contributed by atoms with Crippen molar-refractivity contribution in [2.45, 2.75) is 0 Å². The molecule has 0 atom stereocenters. The Labute approximate surface area is 216 Å². The molecule has 1 saturated heterocycles. The molecule has 186 valence electrons. The van der Waals surface area contributed by atoms with Crippen LogP contribution in [0.15, 0.2) is 91.0 Å². The normalized spacial score (nSPS) is 13.7. The number of nitrogens with zero attached hydrogens (tertiary/aromatic N) is 5. The van der Waals surface area contributed by atoms with Gasteiger partial charge in [-0.3, -0.25) is 0 Å². The molecule has 0 amide bonds. The van der Waals surface area contributed by atoms with Crippen molar-refractivity contribution >= 4 is 17.2 Å². The molecule has 1 aliphatic rings. The molecule has 0 saturated carbocycles. The molecule has 7 nitrogen and oxygen atoms in total. The number of piperazine rings is 1. The average molecular weight is 492 g/mol. The number of benzene rings is 3. The van der Waals surface area contributed by atoms with Gasteiger partial charge in [0.1, 0.15) is 17.3 Å². The fourth-order valence-electron chi connectivity index (χ4n) is 4.83. The van der Waals surface area contributed by atoms with Gasteiger partial charge in [-0.25, -0.2) is 4.98 Å². The van der Waals surface area contributed by atoms with Crippen molar-refractivity contribution < 1.29 is 9.47 Å². The van der Waals surface area contributed by atoms with Gasteiger partial charge in [0.25, 0.3) is 0 Å². The molecule has 0 unspecified atom stereocenters. The van der Waals surface area contributed by atoms with Gasteiger partial charge in [0.05, 0.1) is 25.6 Å². The highest BCUT2D eigenvalue weighted by Gasteiger charge is 2.22. The van der Waals surface area contributed by atoms with Crippen molar-refractivity contribution in [3.05, 3.63) is 91.0 Å². The van der Waals surface area contributed by atoms with Gasteiger partial charge in [0.15, 0.2) is 5.65 Å². The van der Waals surface area contributed by atoms with E-state index < -0.39 is 0 Å². The zero-order valence-corrected chi connectivity index (χ0v) is 21.0. The molecule has 0 bridgehead atoms. The largest absolute Gasteiger partial charge is 0.497 e. The molecule has 5 aromatic rings. The van der Waals surface area contributed by atoms with Crippen molar-refractivity contribution in [3.8, 4) is 34.0 Å². The van der Waals surface area contributed by atoms with Crippen LogP contribution in [0.1, 0.15) is 0 Å². The fraction of sp³-hybridized carbons (Fsp3) is 0.200. The van der Waals surface area contributed by atoms with Gasteiger partial charge in [-0.15, -0.1) is 0 Å². The maximum Gasteiger partial charge on any atom is 0.158 e. The lowest BCUT2D eigenvalue weighted by Gasteiger charge is -2.37. The lowest BCUT2D eigenvalue weighted by atomic mass is 10.1. The minimum absolute atomic E-state index is 0.826. The average Bonchev–Trinajstić information content (AvgIpc) is 3.42. The first-order chi connectivity index (χ1) is 18.2. The monoisotopic (exact) mass is 491 g/mol. The Hall–Kier alpha value is -4.52. The SMILES string of the molecule is COc1ccc(-c2cc3nc(-c4ccccc4)cc(N4CCN(c5ccc(OC)cc5)CC4)n3n2)cc1. The number of fused-ring (bicyclic) bond motifs is 1. The van der Waals surface area contributed by atoms with E-state index in [1.54, 1.807) is 14.2 Å². The van der Waals surface area contributed by atoms with E-state index in [2.05, 4.69) is 46.2 Å². The van der Waals surface area contributed by atoms with Crippen LogP contribution in [0, 0.1) is 0 Å². The van der Waals surface area contributed by atoms with Crippen LogP contribution in [0.5, 0.6) is 11.5 Å². The van der Waals surface area contributed by atoms with Gasteiger partial charge in [0, 0.05) is 55.1 Å². The third-order valence-corrected chi connectivity index (χ3v) is 6.90. The molecule has 1 aliphatic heterocycles. The Balaban J connectivity index is 1.35. The van der Waals surface area contributed by atoms with Gasteiger partial charge in [-0.1, -0.05) is 30.3 Å². The summed E-state index contributed by atoms with van der Waals surface area (Å²) in [5.74, 6) is 2.76. The summed E-state index contributed by atoms with van der Waals surface area (Å²) in [6.45, 7) is 3.61. The third kappa shape index (κ3) is 4.56. The summed E-state index contributed by atoms with van der Waals surface area (Å²) < 4.78 is 12.6. The van der Waals surface area contributed by atoms with Crippen LogP contribution in [-0.2, 0) is 0 Å². The summed E-state index contributed by atoms with van der Waals surface area (Å²) >= 11 is 0. The van der Waals surface area contributed by atoms with Gasteiger partial charge >= 0.3 is 0 Å². The summed E-state index contributed by atoms with van der Waals surface area (Å²) in [5, 5.41) is 4.99. The van der Waals surface area contributed by atoms with E-state index in [1.165, 1.54) is 5.69 Å². The van der Waals surface area contributed by atoms with Crippen LogP contribution in [0.2, 0.25) is 0 Å². The first kappa shape index (κ1) is 22.9. The Morgan fingerprint density at radius 3 is 1.86 bits per heavy atom. The van der Waals surface area contributed by atoms with Crippen molar-refractivity contribution in [2.75, 3.05) is 50.2 Å². The molecule has 0 radical (unpaired) electrons. The van der Waals surface area contributed by atoms with Crippen molar-refractivity contribution in [1.82, 2.24) is 14.6 Å². The van der Waals surface area contributed by atoms with E-state index in [1.807, 2.05) is 59.1 Å². The van der Waals surface area contributed by atoms with Crippen LogP contribution >= 0.6 is 0 Å². The molecule has 3 aromatic carbocycles. The molecule has 37 heavy (non-hydrogen) atoms. The van der Waals surface area contributed by atoms with E-state index in [-0.39, 0.29) is 0 Å². The van der Waals surface area contributed by atoms with E-state index in [9.17, 15) is 0 Å². The molecule has 0 aliphatic carbocycles. The molecule has 0 spiro atoms. The summed E-state index contributed by atoms with van der Waals surface area (Å²) in [4.78, 5) is 9.81. The van der Waals surface area contributed by atoms with Crippen molar-refractivity contribution in [1.29, 1.82) is 0 Å². The fourth-order valence-corrected chi connectivity index (χ4v) is 4.83. The molecular weight excluding hydrogens is 462 g/mol. The number of aromatic nitrogens is 3. The Kier molecular flexibility index (Phi) is 6.10. The molecule has 6 rings (SSSR count). The highest BCUT2D eigenvalue weighted by Crippen LogP contribution is 2.30. The van der Waals surface area contributed by atoms with Crippen LogP contribution in [0.25, 0.3) is 28.2 Å². The number of anilines is 2. The van der Waals surface area contributed by atoms with E-state index in [0.29, 0.717) is 0 Å². The second-order valence-electron chi connectivity index (χ2n) is 9.07. The minimum atomic E-state index is 0.826. The zero-order chi connectivity index (χ0) is 25.2. The van der Waals surface area contributed by atoms with Crippen LogP contribution < -0.4 is 19.3 Å². The highest BCUT2D eigenvalue weighted by molar-refractivity contribution is 5.71. The van der Waals surface area contributed by atoms with Crippen LogP contribution in [-0.4, -0.2) is 55.0 Å². The predicted molar refractivity (Wildman–Crippen MR) is 148 cm³/mol. The quantitative estimate of drug-likeness (QED) is 0.317. The van der Waals surface area contributed by atoms with Crippen LogP contribution in [0.4, 0.5) is 11.5 Å². The topological polar surface area (TPSA) is 55.1 Å². The number of ether oxygens (including phenoxy) is 2. The Morgan fingerprint density at radius 1 is 0.622 bits per heavy atom. The maximum atomic E-state index is 5.32. The minimum Gasteiger partial charge on any atom is -0.497 e. The molecule has 1 fully saturated rings. The van der Waals surface area contributed by atoms with E-state index in [0.717, 1.165) is 71.7 Å². The smallest absolute Gasteiger partial charge is 0.158 e. The molecule has 0 N–H and O–H groups in total. The predicted octanol–water partition coefficient (Wildman–Crippen LogP) is 5.41.